The molecule has 0 aliphatic heterocycles. The molecule has 2 heterocycles. The Morgan fingerprint density at radius 2 is 2.00 bits per heavy atom. The van der Waals surface area contributed by atoms with Crippen molar-refractivity contribution in [1.29, 1.82) is 0 Å². The molecule has 0 saturated heterocycles. The van der Waals surface area contributed by atoms with Gasteiger partial charge >= 0.3 is 5.97 Å². The third-order valence-electron chi connectivity index (χ3n) is 5.46. The highest BCUT2D eigenvalue weighted by molar-refractivity contribution is 5.95. The van der Waals surface area contributed by atoms with Crippen LogP contribution in [0.1, 0.15) is 37.1 Å². The predicted molar refractivity (Wildman–Crippen MR) is 114 cm³/mol. The molecule has 2 N–H and O–H groups in total. The van der Waals surface area contributed by atoms with Gasteiger partial charge in [0.15, 0.2) is 5.82 Å². The van der Waals surface area contributed by atoms with E-state index in [9.17, 15) is 9.90 Å². The van der Waals surface area contributed by atoms with Crippen LogP contribution in [-0.4, -0.2) is 36.7 Å². The van der Waals surface area contributed by atoms with Crippen LogP contribution < -0.4 is 0 Å². The molecule has 2 unspecified atom stereocenters. The summed E-state index contributed by atoms with van der Waals surface area (Å²) in [6.45, 7) is 1.98. The van der Waals surface area contributed by atoms with Crippen molar-refractivity contribution >= 4 is 16.7 Å². The zero-order valence-electron chi connectivity index (χ0n) is 16.7. The molecule has 0 bridgehead atoms. The Morgan fingerprint density at radius 1 is 1.13 bits per heavy atom. The maximum Gasteiger partial charge on any atom is 0.307 e. The molecule has 2 atom stereocenters. The van der Waals surface area contributed by atoms with Gasteiger partial charge in [-0.1, -0.05) is 67.1 Å². The van der Waals surface area contributed by atoms with E-state index < -0.39 is 11.9 Å². The van der Waals surface area contributed by atoms with Gasteiger partial charge in [0, 0.05) is 29.3 Å². The van der Waals surface area contributed by atoms with Crippen LogP contribution in [0.15, 0.2) is 60.9 Å². The molecule has 2 aromatic heterocycles. The quantitative estimate of drug-likeness (QED) is 0.457. The maximum absolute atomic E-state index is 12.0. The van der Waals surface area contributed by atoms with Gasteiger partial charge in [-0.15, -0.1) is 10.2 Å². The molecule has 2 aromatic carbocycles. The van der Waals surface area contributed by atoms with Gasteiger partial charge in [0.05, 0.1) is 5.92 Å². The molecule has 0 spiro atoms. The zero-order valence-corrected chi connectivity index (χ0v) is 16.7. The van der Waals surface area contributed by atoms with Gasteiger partial charge in [0.2, 0.25) is 0 Å². The van der Waals surface area contributed by atoms with Crippen LogP contribution in [0.5, 0.6) is 0 Å². The van der Waals surface area contributed by atoms with Gasteiger partial charge < -0.3 is 5.11 Å². The molecule has 0 saturated carbocycles. The number of hydrogen-bond acceptors (Lipinski definition) is 5. The number of benzene rings is 2. The first-order valence-electron chi connectivity index (χ1n) is 10.1. The number of carboxylic acids is 1. The smallest absolute Gasteiger partial charge is 0.307 e. The third kappa shape index (κ3) is 4.05. The lowest BCUT2D eigenvalue weighted by atomic mass is 9.83. The third-order valence-corrected chi connectivity index (χ3v) is 5.46. The molecule has 0 radical (unpaired) electrons. The molecule has 7 nitrogen and oxygen atoms in total. The Labute approximate surface area is 174 Å². The first-order chi connectivity index (χ1) is 14.7. The number of aliphatic carboxylic acids is 1. The van der Waals surface area contributed by atoms with E-state index in [1.807, 2.05) is 49.6 Å². The summed E-state index contributed by atoms with van der Waals surface area (Å²) in [5.74, 6) is -1.33. The van der Waals surface area contributed by atoms with Crippen molar-refractivity contribution in [1.82, 2.24) is 25.6 Å². The maximum atomic E-state index is 12.0. The van der Waals surface area contributed by atoms with Crippen LogP contribution in [0.25, 0.3) is 21.9 Å². The van der Waals surface area contributed by atoms with E-state index in [0.717, 1.165) is 33.9 Å². The Kier molecular flexibility index (Phi) is 5.79. The van der Waals surface area contributed by atoms with Gasteiger partial charge in [-0.05, 0) is 29.4 Å². The van der Waals surface area contributed by atoms with Crippen molar-refractivity contribution in [3.05, 3.63) is 72.3 Å². The molecule has 4 aromatic rings. The molecule has 0 amide bonds. The van der Waals surface area contributed by atoms with Crippen molar-refractivity contribution in [2.45, 2.75) is 32.1 Å². The van der Waals surface area contributed by atoms with E-state index in [2.05, 4.69) is 43.8 Å². The number of nitrogens with one attached hydrogen (secondary N) is 1. The summed E-state index contributed by atoms with van der Waals surface area (Å²) in [7, 11) is 0. The van der Waals surface area contributed by atoms with E-state index in [-0.39, 0.29) is 5.92 Å². The lowest BCUT2D eigenvalue weighted by Gasteiger charge is -2.21. The summed E-state index contributed by atoms with van der Waals surface area (Å²) < 4.78 is 0. The lowest BCUT2D eigenvalue weighted by Crippen LogP contribution is -2.25. The fourth-order valence-corrected chi connectivity index (χ4v) is 4.01. The molecule has 30 heavy (non-hydrogen) atoms. The fourth-order valence-electron chi connectivity index (χ4n) is 4.01. The second-order valence-electron chi connectivity index (χ2n) is 7.42. The second-order valence-corrected chi connectivity index (χ2v) is 7.42. The van der Waals surface area contributed by atoms with Crippen LogP contribution in [0.2, 0.25) is 0 Å². The highest BCUT2D eigenvalue weighted by Crippen LogP contribution is 2.32. The lowest BCUT2D eigenvalue weighted by molar-refractivity contribution is -0.142. The van der Waals surface area contributed by atoms with Crippen molar-refractivity contribution in [2.24, 2.45) is 5.92 Å². The van der Waals surface area contributed by atoms with Crippen LogP contribution in [0, 0.1) is 5.92 Å². The van der Waals surface area contributed by atoms with Crippen LogP contribution >= 0.6 is 0 Å². The van der Waals surface area contributed by atoms with Gasteiger partial charge in [-0.25, -0.2) is 0 Å². The van der Waals surface area contributed by atoms with Gasteiger partial charge in [0.25, 0.3) is 0 Å². The first kappa shape index (κ1) is 19.7. The normalized spacial score (nSPS) is 13.2. The van der Waals surface area contributed by atoms with Gasteiger partial charge in [-0.2, -0.15) is 5.21 Å². The Bertz CT molecular complexity index is 1140. The number of H-pyrrole nitrogens is 1. The Morgan fingerprint density at radius 3 is 2.77 bits per heavy atom. The van der Waals surface area contributed by atoms with Gasteiger partial charge in [-0.3, -0.25) is 9.78 Å². The Balaban J connectivity index is 1.71. The number of aromatic amines is 1. The minimum Gasteiger partial charge on any atom is -0.481 e. The van der Waals surface area contributed by atoms with Crippen LogP contribution in [0.4, 0.5) is 0 Å². The fraction of sp³-hybridized carbons (Fsp3) is 0.261. The summed E-state index contributed by atoms with van der Waals surface area (Å²) in [5, 5.41) is 26.3. The van der Waals surface area contributed by atoms with Crippen molar-refractivity contribution < 1.29 is 9.90 Å². The monoisotopic (exact) mass is 401 g/mol. The molecular formula is C23H23N5O2. The summed E-state index contributed by atoms with van der Waals surface area (Å²) in [5.41, 5.74) is 3.12. The highest BCUT2D eigenvalue weighted by atomic mass is 16.4. The Hall–Kier alpha value is -3.61. The number of hydrogen-bond donors (Lipinski definition) is 2. The van der Waals surface area contributed by atoms with E-state index in [0.29, 0.717) is 18.7 Å². The summed E-state index contributed by atoms with van der Waals surface area (Å²) in [4.78, 5) is 16.3. The number of nitrogens with zero attached hydrogens (tertiary/aromatic N) is 4. The molecule has 0 aliphatic carbocycles. The number of tetrazole rings is 1. The topological polar surface area (TPSA) is 105 Å². The van der Waals surface area contributed by atoms with Crippen molar-refractivity contribution in [2.75, 3.05) is 0 Å². The van der Waals surface area contributed by atoms with Crippen molar-refractivity contribution in [3.63, 3.8) is 0 Å². The van der Waals surface area contributed by atoms with E-state index >= 15 is 0 Å². The summed E-state index contributed by atoms with van der Waals surface area (Å²) in [6, 6.07) is 16.3. The number of fused-ring (bicyclic) bond motifs is 1. The molecule has 0 fully saturated rings. The van der Waals surface area contributed by atoms with E-state index in [4.69, 9.17) is 0 Å². The second kappa shape index (κ2) is 8.82. The average Bonchev–Trinajstić information content (AvgIpc) is 3.30. The molecule has 0 aliphatic rings. The molecule has 7 heteroatoms. The number of aromatic nitrogens is 5. The minimum atomic E-state index is -0.832. The van der Waals surface area contributed by atoms with Crippen molar-refractivity contribution in [3.8, 4) is 11.1 Å². The van der Waals surface area contributed by atoms with E-state index in [1.54, 1.807) is 0 Å². The van der Waals surface area contributed by atoms with Gasteiger partial charge in [0.1, 0.15) is 0 Å². The summed E-state index contributed by atoms with van der Waals surface area (Å²) in [6.07, 6.45) is 5.57. The molecule has 4 rings (SSSR count). The average molecular weight is 401 g/mol. The number of carbonyl (C=O) groups is 1. The van der Waals surface area contributed by atoms with E-state index in [1.165, 1.54) is 0 Å². The SMILES string of the molecule is CCCC(C(=O)O)C(Cc1cccc(-c2cncc3ccccc23)c1)c1nn[nH]n1. The minimum absolute atomic E-state index is 0.359. The van der Waals surface area contributed by atoms with Crippen LogP contribution in [0.3, 0.4) is 0 Å². The van der Waals surface area contributed by atoms with Crippen LogP contribution in [-0.2, 0) is 11.2 Å². The summed E-state index contributed by atoms with van der Waals surface area (Å²) >= 11 is 0. The highest BCUT2D eigenvalue weighted by Gasteiger charge is 2.32. The predicted octanol–water partition coefficient (Wildman–Crippen LogP) is 4.24. The molecule has 152 valence electrons. The largest absolute Gasteiger partial charge is 0.481 e. The molecular weight excluding hydrogens is 378 g/mol. The number of rotatable bonds is 8. The standard InChI is InChI=1S/C23H23N5O2/c1-2-6-19(23(29)30)20(22-25-27-28-26-22)12-15-7-5-9-16(11-15)21-14-24-13-17-8-3-4-10-18(17)21/h3-5,7-11,13-14,19-20H,2,6,12H2,1H3,(H,29,30)(H,25,26,27,28). The number of pyridine rings is 1. The first-order valence-corrected chi connectivity index (χ1v) is 10.1. The zero-order chi connectivity index (χ0) is 20.9. The number of carboxylic acid groups (broad SMARTS) is 1.